The van der Waals surface area contributed by atoms with Gasteiger partial charge in [0, 0.05) is 17.6 Å². The van der Waals surface area contributed by atoms with Gasteiger partial charge in [0.25, 0.3) is 0 Å². The standard InChI is InChI=1S/C16H15Cl2NO2/c1-10(12-3-2-4-13(17)7-12)19-8-11-5-14(18)16-15(6-11)20-9-21-16/h2-7,10,19H,8-9H2,1H3/t10-/m1/s1. The largest absolute Gasteiger partial charge is 0.454 e. The first-order chi connectivity index (χ1) is 10.1. The van der Waals surface area contributed by atoms with Crippen LogP contribution in [0.3, 0.4) is 0 Å². The van der Waals surface area contributed by atoms with Crippen LogP contribution >= 0.6 is 23.2 Å². The van der Waals surface area contributed by atoms with Gasteiger partial charge in [0.2, 0.25) is 6.79 Å². The molecular weight excluding hydrogens is 309 g/mol. The molecule has 1 atom stereocenters. The molecule has 2 aromatic rings. The van der Waals surface area contributed by atoms with E-state index in [0.29, 0.717) is 23.1 Å². The summed E-state index contributed by atoms with van der Waals surface area (Å²) in [6, 6.07) is 11.9. The van der Waals surface area contributed by atoms with E-state index in [4.69, 9.17) is 32.7 Å². The quantitative estimate of drug-likeness (QED) is 0.893. The molecule has 21 heavy (non-hydrogen) atoms. The second kappa shape index (κ2) is 6.14. The van der Waals surface area contributed by atoms with Crippen molar-refractivity contribution < 1.29 is 9.47 Å². The summed E-state index contributed by atoms with van der Waals surface area (Å²) in [5.41, 5.74) is 2.20. The van der Waals surface area contributed by atoms with E-state index in [2.05, 4.69) is 18.3 Å². The Labute approximate surface area is 133 Å². The van der Waals surface area contributed by atoms with Gasteiger partial charge in [-0.15, -0.1) is 0 Å². The van der Waals surface area contributed by atoms with Gasteiger partial charge < -0.3 is 14.8 Å². The number of ether oxygens (including phenoxy) is 2. The third kappa shape index (κ3) is 3.26. The van der Waals surface area contributed by atoms with Gasteiger partial charge >= 0.3 is 0 Å². The highest BCUT2D eigenvalue weighted by atomic mass is 35.5. The SMILES string of the molecule is C[C@@H](NCc1cc(Cl)c2c(c1)OCO2)c1cccc(Cl)c1. The van der Waals surface area contributed by atoms with Gasteiger partial charge in [0.15, 0.2) is 11.5 Å². The fourth-order valence-electron chi connectivity index (χ4n) is 2.29. The van der Waals surface area contributed by atoms with Crippen molar-refractivity contribution in [2.75, 3.05) is 6.79 Å². The van der Waals surface area contributed by atoms with Crippen molar-refractivity contribution in [2.45, 2.75) is 19.5 Å². The van der Waals surface area contributed by atoms with E-state index >= 15 is 0 Å². The van der Waals surface area contributed by atoms with E-state index < -0.39 is 0 Å². The van der Waals surface area contributed by atoms with Gasteiger partial charge in [-0.1, -0.05) is 35.3 Å². The first-order valence-electron chi connectivity index (χ1n) is 6.70. The van der Waals surface area contributed by atoms with Crippen LogP contribution in [0.1, 0.15) is 24.1 Å². The van der Waals surface area contributed by atoms with E-state index in [1.807, 2.05) is 30.3 Å². The molecule has 1 heterocycles. The maximum Gasteiger partial charge on any atom is 0.231 e. The Morgan fingerprint density at radius 1 is 1.19 bits per heavy atom. The van der Waals surface area contributed by atoms with Gasteiger partial charge in [-0.2, -0.15) is 0 Å². The Morgan fingerprint density at radius 2 is 2.05 bits per heavy atom. The zero-order valence-electron chi connectivity index (χ0n) is 11.5. The van der Waals surface area contributed by atoms with E-state index in [1.54, 1.807) is 0 Å². The van der Waals surface area contributed by atoms with Crippen LogP contribution in [0.15, 0.2) is 36.4 Å². The minimum absolute atomic E-state index is 0.188. The topological polar surface area (TPSA) is 30.5 Å². The molecule has 1 N–H and O–H groups in total. The second-order valence-corrected chi connectivity index (χ2v) is 5.81. The molecule has 0 spiro atoms. The molecule has 0 fully saturated rings. The zero-order valence-corrected chi connectivity index (χ0v) is 13.0. The van der Waals surface area contributed by atoms with E-state index in [9.17, 15) is 0 Å². The molecule has 0 aliphatic carbocycles. The van der Waals surface area contributed by atoms with Gasteiger partial charge in [0.05, 0.1) is 5.02 Å². The van der Waals surface area contributed by atoms with Gasteiger partial charge in [-0.05, 0) is 42.3 Å². The van der Waals surface area contributed by atoms with Crippen LogP contribution in [-0.2, 0) is 6.54 Å². The molecule has 0 saturated heterocycles. The molecule has 0 aromatic heterocycles. The Hall–Kier alpha value is -1.42. The predicted octanol–water partition coefficient (Wildman–Crippen LogP) is 4.57. The summed E-state index contributed by atoms with van der Waals surface area (Å²) in [6.07, 6.45) is 0. The van der Waals surface area contributed by atoms with Crippen LogP contribution in [0.4, 0.5) is 0 Å². The van der Waals surface area contributed by atoms with Crippen molar-refractivity contribution in [3.05, 3.63) is 57.6 Å². The number of nitrogens with one attached hydrogen (secondary N) is 1. The summed E-state index contributed by atoms with van der Waals surface area (Å²) in [6.45, 7) is 3.01. The maximum atomic E-state index is 6.18. The molecule has 0 radical (unpaired) electrons. The molecule has 110 valence electrons. The lowest BCUT2D eigenvalue weighted by Crippen LogP contribution is -2.18. The van der Waals surface area contributed by atoms with Crippen LogP contribution < -0.4 is 14.8 Å². The molecule has 3 nitrogen and oxygen atoms in total. The highest BCUT2D eigenvalue weighted by Gasteiger charge is 2.18. The van der Waals surface area contributed by atoms with Crippen LogP contribution in [0, 0.1) is 0 Å². The minimum Gasteiger partial charge on any atom is -0.454 e. The Bertz CT molecular complexity index is 661. The van der Waals surface area contributed by atoms with Crippen molar-refractivity contribution in [1.29, 1.82) is 0 Å². The molecule has 1 aliphatic rings. The molecule has 0 amide bonds. The Kier molecular flexibility index (Phi) is 4.24. The van der Waals surface area contributed by atoms with Crippen molar-refractivity contribution in [3.8, 4) is 11.5 Å². The Morgan fingerprint density at radius 3 is 2.86 bits per heavy atom. The van der Waals surface area contributed by atoms with Crippen molar-refractivity contribution in [3.63, 3.8) is 0 Å². The van der Waals surface area contributed by atoms with E-state index in [0.717, 1.165) is 16.1 Å². The first-order valence-corrected chi connectivity index (χ1v) is 7.46. The number of halogens is 2. The molecule has 1 aliphatic heterocycles. The number of hydrogen-bond donors (Lipinski definition) is 1. The maximum absolute atomic E-state index is 6.18. The van der Waals surface area contributed by atoms with Crippen LogP contribution in [0.25, 0.3) is 0 Å². The lowest BCUT2D eigenvalue weighted by Gasteiger charge is -2.15. The highest BCUT2D eigenvalue weighted by Crippen LogP contribution is 2.39. The highest BCUT2D eigenvalue weighted by molar-refractivity contribution is 6.32. The molecule has 0 unspecified atom stereocenters. The van der Waals surface area contributed by atoms with Crippen molar-refractivity contribution >= 4 is 23.2 Å². The summed E-state index contributed by atoms with van der Waals surface area (Å²) in [7, 11) is 0. The lowest BCUT2D eigenvalue weighted by atomic mass is 10.1. The van der Waals surface area contributed by atoms with Crippen LogP contribution in [-0.4, -0.2) is 6.79 Å². The molecule has 2 aromatic carbocycles. The summed E-state index contributed by atoms with van der Waals surface area (Å²) >= 11 is 12.2. The van der Waals surface area contributed by atoms with Crippen molar-refractivity contribution in [1.82, 2.24) is 5.32 Å². The van der Waals surface area contributed by atoms with Gasteiger partial charge in [-0.3, -0.25) is 0 Å². The monoisotopic (exact) mass is 323 g/mol. The molecule has 0 saturated carbocycles. The fraction of sp³-hybridized carbons (Fsp3) is 0.250. The number of benzene rings is 2. The van der Waals surface area contributed by atoms with E-state index in [-0.39, 0.29) is 12.8 Å². The number of rotatable bonds is 4. The molecular formula is C16H15Cl2NO2. The first kappa shape index (κ1) is 14.5. The zero-order chi connectivity index (χ0) is 14.8. The molecule has 0 bridgehead atoms. The minimum atomic E-state index is 0.188. The van der Waals surface area contributed by atoms with Gasteiger partial charge in [-0.25, -0.2) is 0 Å². The van der Waals surface area contributed by atoms with E-state index in [1.165, 1.54) is 0 Å². The van der Waals surface area contributed by atoms with Crippen molar-refractivity contribution in [2.24, 2.45) is 0 Å². The number of hydrogen-bond acceptors (Lipinski definition) is 3. The smallest absolute Gasteiger partial charge is 0.231 e. The van der Waals surface area contributed by atoms with Crippen LogP contribution in [0.5, 0.6) is 11.5 Å². The normalized spacial score (nSPS) is 14.2. The second-order valence-electron chi connectivity index (χ2n) is 4.97. The summed E-state index contributed by atoms with van der Waals surface area (Å²) in [4.78, 5) is 0. The molecule has 3 rings (SSSR count). The average Bonchev–Trinajstić information content (AvgIpc) is 2.93. The lowest BCUT2D eigenvalue weighted by molar-refractivity contribution is 0.174. The van der Waals surface area contributed by atoms with Gasteiger partial charge in [0.1, 0.15) is 0 Å². The number of fused-ring (bicyclic) bond motifs is 1. The summed E-state index contributed by atoms with van der Waals surface area (Å²) in [5.74, 6) is 1.33. The third-order valence-electron chi connectivity index (χ3n) is 3.45. The molecule has 5 heteroatoms. The average molecular weight is 324 g/mol. The predicted molar refractivity (Wildman–Crippen MR) is 84.3 cm³/mol. The fourth-order valence-corrected chi connectivity index (χ4v) is 2.77. The third-order valence-corrected chi connectivity index (χ3v) is 3.96. The summed E-state index contributed by atoms with van der Waals surface area (Å²) in [5, 5.41) is 4.77. The van der Waals surface area contributed by atoms with Crippen LogP contribution in [0.2, 0.25) is 10.0 Å². The Balaban J connectivity index is 1.69. The summed E-state index contributed by atoms with van der Waals surface area (Å²) < 4.78 is 10.7.